The molecule has 0 saturated heterocycles. The lowest BCUT2D eigenvalue weighted by atomic mass is 10.1. The van der Waals surface area contributed by atoms with Crippen molar-refractivity contribution in [3.63, 3.8) is 0 Å². The normalized spacial score (nSPS) is 10.1. The molecule has 1 aromatic rings. The number of amides is 1. The molecule has 0 aliphatic rings. The van der Waals surface area contributed by atoms with Gasteiger partial charge in [0.1, 0.15) is 0 Å². The molecule has 19 heavy (non-hydrogen) atoms. The number of nitrogens with zero attached hydrogens (tertiary/aromatic N) is 3. The maximum atomic E-state index is 12.0. The van der Waals surface area contributed by atoms with Crippen LogP contribution in [0.15, 0.2) is 24.5 Å². The molecule has 1 rings (SSSR count). The van der Waals surface area contributed by atoms with Gasteiger partial charge in [-0.05, 0) is 17.7 Å². The second-order valence-corrected chi connectivity index (χ2v) is 3.81. The van der Waals surface area contributed by atoms with Gasteiger partial charge in [0.25, 0.3) is 5.91 Å². The Balaban J connectivity index is 2.84. The van der Waals surface area contributed by atoms with Crippen LogP contribution in [0.2, 0.25) is 0 Å². The number of aliphatic carboxylic acids is 1. The van der Waals surface area contributed by atoms with Crippen molar-refractivity contribution in [2.75, 3.05) is 13.6 Å². The van der Waals surface area contributed by atoms with Gasteiger partial charge in [0, 0.05) is 32.1 Å². The average Bonchev–Trinajstić information content (AvgIpc) is 2.42. The summed E-state index contributed by atoms with van der Waals surface area (Å²) in [5.41, 5.74) is 0.884. The van der Waals surface area contributed by atoms with E-state index in [2.05, 4.69) is 4.98 Å². The second-order valence-electron chi connectivity index (χ2n) is 3.81. The van der Waals surface area contributed by atoms with E-state index in [1.165, 1.54) is 23.4 Å². The molecule has 0 unspecified atom stereocenters. The molecule has 0 spiro atoms. The fraction of sp³-hybridized carbons (Fsp3) is 0.231. The van der Waals surface area contributed by atoms with Crippen LogP contribution in [-0.2, 0) is 4.79 Å². The number of nitriles is 1. The summed E-state index contributed by atoms with van der Waals surface area (Å²) in [6.07, 6.45) is 5.47. The van der Waals surface area contributed by atoms with E-state index in [1.54, 1.807) is 13.1 Å². The fourth-order valence-corrected chi connectivity index (χ4v) is 1.37. The summed E-state index contributed by atoms with van der Waals surface area (Å²) in [6, 6.07) is 3.52. The number of carboxylic acid groups (broad SMARTS) is 1. The lowest BCUT2D eigenvalue weighted by Crippen LogP contribution is -2.27. The van der Waals surface area contributed by atoms with E-state index >= 15 is 0 Å². The van der Waals surface area contributed by atoms with Gasteiger partial charge < -0.3 is 10.0 Å². The Morgan fingerprint density at radius 3 is 2.89 bits per heavy atom. The van der Waals surface area contributed by atoms with Crippen LogP contribution in [0.25, 0.3) is 6.08 Å². The minimum absolute atomic E-state index is 0.256. The highest BCUT2D eigenvalue weighted by atomic mass is 16.4. The summed E-state index contributed by atoms with van der Waals surface area (Å²) >= 11 is 0. The zero-order valence-electron chi connectivity index (χ0n) is 10.4. The predicted molar refractivity (Wildman–Crippen MR) is 68.1 cm³/mol. The maximum Gasteiger partial charge on any atom is 0.328 e. The molecule has 0 radical (unpaired) electrons. The number of pyridine rings is 1. The van der Waals surface area contributed by atoms with Crippen molar-refractivity contribution in [1.82, 2.24) is 9.88 Å². The van der Waals surface area contributed by atoms with Crippen LogP contribution in [0.4, 0.5) is 0 Å². The van der Waals surface area contributed by atoms with Crippen molar-refractivity contribution in [1.29, 1.82) is 5.26 Å². The van der Waals surface area contributed by atoms with Gasteiger partial charge in [0.2, 0.25) is 0 Å². The smallest absolute Gasteiger partial charge is 0.328 e. The summed E-state index contributed by atoms with van der Waals surface area (Å²) < 4.78 is 0. The summed E-state index contributed by atoms with van der Waals surface area (Å²) in [4.78, 5) is 27.7. The minimum Gasteiger partial charge on any atom is -0.478 e. The van der Waals surface area contributed by atoms with Crippen molar-refractivity contribution >= 4 is 18.0 Å². The van der Waals surface area contributed by atoms with Gasteiger partial charge >= 0.3 is 5.97 Å². The van der Waals surface area contributed by atoms with Crippen LogP contribution in [0.1, 0.15) is 22.3 Å². The van der Waals surface area contributed by atoms with Crippen molar-refractivity contribution in [2.45, 2.75) is 6.42 Å². The third kappa shape index (κ3) is 4.60. The van der Waals surface area contributed by atoms with Gasteiger partial charge in [0.15, 0.2) is 0 Å². The van der Waals surface area contributed by atoms with E-state index in [0.29, 0.717) is 17.7 Å². The average molecular weight is 259 g/mol. The molecule has 1 heterocycles. The molecular formula is C13H13N3O3. The highest BCUT2D eigenvalue weighted by Crippen LogP contribution is 2.07. The first kappa shape index (κ1) is 14.4. The molecule has 0 aliphatic carbocycles. The third-order valence-electron chi connectivity index (χ3n) is 2.33. The van der Waals surface area contributed by atoms with Gasteiger partial charge in [-0.2, -0.15) is 5.26 Å². The van der Waals surface area contributed by atoms with E-state index in [4.69, 9.17) is 10.4 Å². The predicted octanol–water partition coefficient (Wildman–Crippen LogP) is 1.17. The molecule has 6 heteroatoms. The second kappa shape index (κ2) is 6.91. The van der Waals surface area contributed by atoms with Gasteiger partial charge in [-0.3, -0.25) is 9.78 Å². The lowest BCUT2D eigenvalue weighted by molar-refractivity contribution is -0.131. The molecule has 0 bridgehead atoms. The van der Waals surface area contributed by atoms with E-state index in [-0.39, 0.29) is 12.3 Å². The minimum atomic E-state index is -1.07. The zero-order chi connectivity index (χ0) is 14.3. The number of hydrogen-bond acceptors (Lipinski definition) is 4. The number of carbonyl (C=O) groups is 2. The number of hydrogen-bond donors (Lipinski definition) is 1. The summed E-state index contributed by atoms with van der Waals surface area (Å²) in [6.45, 7) is 0.338. The van der Waals surface area contributed by atoms with Gasteiger partial charge in [-0.1, -0.05) is 0 Å². The lowest BCUT2D eigenvalue weighted by Gasteiger charge is -2.15. The van der Waals surface area contributed by atoms with Crippen LogP contribution in [0.5, 0.6) is 0 Å². The quantitative estimate of drug-likeness (QED) is 0.801. The molecular weight excluding hydrogens is 246 g/mol. The highest BCUT2D eigenvalue weighted by Gasteiger charge is 2.11. The Hall–Kier alpha value is -2.68. The molecule has 6 nitrogen and oxygen atoms in total. The topological polar surface area (TPSA) is 94.3 Å². The Kier molecular flexibility index (Phi) is 5.23. The fourth-order valence-electron chi connectivity index (χ4n) is 1.37. The summed E-state index contributed by atoms with van der Waals surface area (Å²) in [7, 11) is 1.60. The standard InChI is InChI=1S/C13H13N3O3/c1-16(6-2-5-14)13(19)11-7-10(8-15-9-11)3-4-12(17)18/h3-4,7-9H,2,6H2,1H3,(H,17,18)/b4-3+. The van der Waals surface area contributed by atoms with Crippen LogP contribution >= 0.6 is 0 Å². The molecule has 0 fully saturated rings. The van der Waals surface area contributed by atoms with E-state index < -0.39 is 5.97 Å². The van der Waals surface area contributed by atoms with Gasteiger partial charge in [-0.25, -0.2) is 4.79 Å². The number of aromatic nitrogens is 1. The Bertz CT molecular complexity index is 546. The maximum absolute atomic E-state index is 12.0. The van der Waals surface area contributed by atoms with Gasteiger partial charge in [0.05, 0.1) is 18.1 Å². The molecule has 1 aromatic heterocycles. The molecule has 1 N–H and O–H groups in total. The van der Waals surface area contributed by atoms with Gasteiger partial charge in [-0.15, -0.1) is 0 Å². The first-order valence-electron chi connectivity index (χ1n) is 5.53. The Morgan fingerprint density at radius 1 is 1.53 bits per heavy atom. The van der Waals surface area contributed by atoms with Crippen molar-refractivity contribution < 1.29 is 14.7 Å². The summed E-state index contributed by atoms with van der Waals surface area (Å²) in [5.74, 6) is -1.32. The molecule has 98 valence electrons. The van der Waals surface area contributed by atoms with E-state index in [9.17, 15) is 9.59 Å². The Morgan fingerprint density at radius 2 is 2.26 bits per heavy atom. The zero-order valence-corrected chi connectivity index (χ0v) is 10.4. The SMILES string of the molecule is CN(CCC#N)C(=O)c1cncc(/C=C/C(=O)O)c1. The molecule has 0 saturated carbocycles. The van der Waals surface area contributed by atoms with Crippen LogP contribution < -0.4 is 0 Å². The first-order valence-corrected chi connectivity index (χ1v) is 5.53. The van der Waals surface area contributed by atoms with E-state index in [0.717, 1.165) is 6.08 Å². The largest absolute Gasteiger partial charge is 0.478 e. The molecule has 0 aromatic carbocycles. The summed E-state index contributed by atoms with van der Waals surface area (Å²) in [5, 5.41) is 17.0. The molecule has 1 amide bonds. The molecule has 0 atom stereocenters. The van der Waals surface area contributed by atoms with E-state index in [1.807, 2.05) is 6.07 Å². The monoisotopic (exact) mass is 259 g/mol. The highest BCUT2D eigenvalue weighted by molar-refractivity contribution is 5.94. The van der Waals surface area contributed by atoms with Crippen LogP contribution in [0, 0.1) is 11.3 Å². The van der Waals surface area contributed by atoms with Crippen molar-refractivity contribution in [3.05, 3.63) is 35.7 Å². The third-order valence-corrected chi connectivity index (χ3v) is 2.33. The van der Waals surface area contributed by atoms with Crippen molar-refractivity contribution in [3.8, 4) is 6.07 Å². The molecule has 0 aliphatic heterocycles. The van der Waals surface area contributed by atoms with Crippen molar-refractivity contribution in [2.24, 2.45) is 0 Å². The number of carboxylic acids is 1. The number of rotatable bonds is 5. The van der Waals surface area contributed by atoms with Crippen LogP contribution in [-0.4, -0.2) is 40.5 Å². The number of carbonyl (C=O) groups excluding carboxylic acids is 1. The van der Waals surface area contributed by atoms with Crippen LogP contribution in [0.3, 0.4) is 0 Å². The Labute approximate surface area is 110 Å². The first-order chi connectivity index (χ1) is 9.04.